The monoisotopic (exact) mass is 593 g/mol. The molecular weight excluding hydrogens is 561 g/mol. The van der Waals surface area contributed by atoms with Crippen molar-refractivity contribution in [2.75, 3.05) is 4.90 Å². The number of benzene rings is 7. The molecule has 1 unspecified atom stereocenters. The van der Waals surface area contributed by atoms with E-state index < -0.39 is 5.41 Å². The van der Waals surface area contributed by atoms with Crippen LogP contribution in [-0.4, -0.2) is 0 Å². The maximum absolute atomic E-state index is 14.8. The van der Waals surface area contributed by atoms with Crippen LogP contribution in [0, 0.1) is 5.82 Å². The zero-order chi connectivity index (χ0) is 31.1. The van der Waals surface area contributed by atoms with Gasteiger partial charge in [0, 0.05) is 22.4 Å². The summed E-state index contributed by atoms with van der Waals surface area (Å²) in [6, 6.07) is 60.9. The van der Waals surface area contributed by atoms with Crippen molar-refractivity contribution in [3.8, 4) is 33.4 Å². The molecular formula is C44H32FN. The quantitative estimate of drug-likeness (QED) is 0.185. The molecule has 0 fully saturated rings. The van der Waals surface area contributed by atoms with Crippen molar-refractivity contribution in [2.24, 2.45) is 0 Å². The lowest BCUT2D eigenvalue weighted by atomic mass is 9.74. The zero-order valence-electron chi connectivity index (χ0n) is 25.6. The Morgan fingerprint density at radius 1 is 0.435 bits per heavy atom. The Kier molecular flexibility index (Phi) is 6.84. The summed E-state index contributed by atoms with van der Waals surface area (Å²) in [7, 11) is 0. The van der Waals surface area contributed by atoms with E-state index in [4.69, 9.17) is 0 Å². The van der Waals surface area contributed by atoms with E-state index in [0.717, 1.165) is 50.4 Å². The lowest BCUT2D eigenvalue weighted by Crippen LogP contribution is -2.23. The van der Waals surface area contributed by atoms with Gasteiger partial charge in [-0.1, -0.05) is 133 Å². The average Bonchev–Trinajstić information content (AvgIpc) is 3.37. The maximum Gasteiger partial charge on any atom is 0.123 e. The fourth-order valence-corrected chi connectivity index (χ4v) is 7.10. The number of rotatable bonds is 6. The van der Waals surface area contributed by atoms with Gasteiger partial charge < -0.3 is 4.90 Å². The van der Waals surface area contributed by atoms with Crippen LogP contribution in [0.1, 0.15) is 23.6 Å². The minimum Gasteiger partial charge on any atom is -0.310 e. The summed E-state index contributed by atoms with van der Waals surface area (Å²) >= 11 is 0. The van der Waals surface area contributed by atoms with E-state index in [-0.39, 0.29) is 5.82 Å². The topological polar surface area (TPSA) is 3.24 Å². The minimum absolute atomic E-state index is 0.217. The maximum atomic E-state index is 14.8. The number of halogens is 1. The number of hydrogen-bond donors (Lipinski definition) is 0. The molecule has 1 atom stereocenters. The standard InChI is InChI=1S/C44H32FN/c1-44(34-17-9-4-10-18-34)41-29-35(45)23-27-39(41)40-28-26-37(30-42(40)44)46(36-24-21-32(22-25-36)31-13-5-2-6-14-31)43-20-12-11-19-38(43)33-15-7-3-8-16-33/h2-30H,1H3. The van der Waals surface area contributed by atoms with Gasteiger partial charge in [0.15, 0.2) is 0 Å². The number of anilines is 3. The van der Waals surface area contributed by atoms with E-state index in [1.54, 1.807) is 12.1 Å². The molecule has 0 saturated carbocycles. The molecule has 0 saturated heterocycles. The Morgan fingerprint density at radius 3 is 1.65 bits per heavy atom. The minimum atomic E-state index is -0.522. The Balaban J connectivity index is 1.35. The lowest BCUT2D eigenvalue weighted by molar-refractivity contribution is 0.618. The Morgan fingerprint density at radius 2 is 0.957 bits per heavy atom. The summed E-state index contributed by atoms with van der Waals surface area (Å²) in [6.07, 6.45) is 0. The van der Waals surface area contributed by atoms with Crippen LogP contribution < -0.4 is 4.90 Å². The predicted octanol–water partition coefficient (Wildman–Crippen LogP) is 12.0. The highest BCUT2D eigenvalue weighted by atomic mass is 19.1. The SMILES string of the molecule is CC1(c2ccccc2)c2cc(F)ccc2-c2ccc(N(c3ccc(-c4ccccc4)cc3)c3ccccc3-c3ccccc3)cc21. The molecule has 8 rings (SSSR count). The van der Waals surface area contributed by atoms with E-state index >= 15 is 0 Å². The van der Waals surface area contributed by atoms with Gasteiger partial charge in [-0.3, -0.25) is 0 Å². The highest BCUT2D eigenvalue weighted by Crippen LogP contribution is 2.54. The van der Waals surface area contributed by atoms with Gasteiger partial charge in [-0.05, 0) is 93.9 Å². The molecule has 0 amide bonds. The van der Waals surface area contributed by atoms with E-state index in [2.05, 4.69) is 157 Å². The molecule has 1 aliphatic carbocycles. The van der Waals surface area contributed by atoms with Gasteiger partial charge in [0.2, 0.25) is 0 Å². The first-order valence-electron chi connectivity index (χ1n) is 15.7. The summed E-state index contributed by atoms with van der Waals surface area (Å²) < 4.78 is 14.8. The Hall–Kier alpha value is -5.73. The smallest absolute Gasteiger partial charge is 0.123 e. The highest BCUT2D eigenvalue weighted by Gasteiger charge is 2.41. The first-order chi connectivity index (χ1) is 22.6. The van der Waals surface area contributed by atoms with Crippen LogP contribution in [0.15, 0.2) is 176 Å². The summed E-state index contributed by atoms with van der Waals surface area (Å²) in [5.41, 5.74) is 12.9. The third kappa shape index (κ3) is 4.62. The molecule has 220 valence electrons. The van der Waals surface area contributed by atoms with Gasteiger partial charge in [0.25, 0.3) is 0 Å². The molecule has 2 heteroatoms. The molecule has 46 heavy (non-hydrogen) atoms. The second kappa shape index (κ2) is 11.3. The molecule has 0 bridgehead atoms. The molecule has 1 nitrogen and oxygen atoms in total. The van der Waals surface area contributed by atoms with Crippen LogP contribution in [0.4, 0.5) is 21.5 Å². The van der Waals surface area contributed by atoms with E-state index in [1.165, 1.54) is 16.7 Å². The van der Waals surface area contributed by atoms with E-state index in [0.29, 0.717) is 0 Å². The van der Waals surface area contributed by atoms with Crippen LogP contribution in [-0.2, 0) is 5.41 Å². The molecule has 0 aromatic heterocycles. The van der Waals surface area contributed by atoms with Crippen LogP contribution in [0.5, 0.6) is 0 Å². The predicted molar refractivity (Wildman–Crippen MR) is 189 cm³/mol. The van der Waals surface area contributed by atoms with E-state index in [9.17, 15) is 4.39 Å². The molecule has 0 radical (unpaired) electrons. The number of nitrogens with zero attached hydrogens (tertiary/aromatic N) is 1. The van der Waals surface area contributed by atoms with Crippen LogP contribution >= 0.6 is 0 Å². The van der Waals surface area contributed by atoms with Gasteiger partial charge in [-0.2, -0.15) is 0 Å². The molecule has 1 aliphatic rings. The molecule has 7 aromatic carbocycles. The summed E-state index contributed by atoms with van der Waals surface area (Å²) in [5, 5.41) is 0. The van der Waals surface area contributed by atoms with Gasteiger partial charge in [-0.15, -0.1) is 0 Å². The molecule has 7 aromatic rings. The van der Waals surface area contributed by atoms with Crippen molar-refractivity contribution in [1.82, 2.24) is 0 Å². The highest BCUT2D eigenvalue weighted by molar-refractivity contribution is 5.91. The normalized spacial score (nSPS) is 14.8. The largest absolute Gasteiger partial charge is 0.310 e. The number of para-hydroxylation sites is 1. The summed E-state index contributed by atoms with van der Waals surface area (Å²) in [4.78, 5) is 2.35. The molecule has 0 spiro atoms. The molecule has 0 N–H and O–H groups in total. The zero-order valence-corrected chi connectivity index (χ0v) is 25.6. The average molecular weight is 594 g/mol. The fraction of sp³-hybridized carbons (Fsp3) is 0.0455. The third-order valence-electron chi connectivity index (χ3n) is 9.42. The van der Waals surface area contributed by atoms with Gasteiger partial charge >= 0.3 is 0 Å². The van der Waals surface area contributed by atoms with Crippen molar-refractivity contribution in [2.45, 2.75) is 12.3 Å². The van der Waals surface area contributed by atoms with Crippen LogP contribution in [0.2, 0.25) is 0 Å². The summed E-state index contributed by atoms with van der Waals surface area (Å²) in [6.45, 7) is 2.23. The molecule has 0 aliphatic heterocycles. The van der Waals surface area contributed by atoms with Crippen LogP contribution in [0.3, 0.4) is 0 Å². The number of hydrogen-bond acceptors (Lipinski definition) is 1. The van der Waals surface area contributed by atoms with Crippen molar-refractivity contribution < 1.29 is 4.39 Å². The van der Waals surface area contributed by atoms with Gasteiger partial charge in [-0.25, -0.2) is 4.39 Å². The molecule has 0 heterocycles. The lowest BCUT2D eigenvalue weighted by Gasteiger charge is -2.31. The van der Waals surface area contributed by atoms with Gasteiger partial charge in [0.1, 0.15) is 5.82 Å². The van der Waals surface area contributed by atoms with Crippen molar-refractivity contribution in [3.63, 3.8) is 0 Å². The fourth-order valence-electron chi connectivity index (χ4n) is 7.10. The van der Waals surface area contributed by atoms with E-state index in [1.807, 2.05) is 18.2 Å². The second-order valence-corrected chi connectivity index (χ2v) is 12.0. The summed E-state index contributed by atoms with van der Waals surface area (Å²) in [5.74, 6) is -0.217. The Labute approximate surface area is 269 Å². The van der Waals surface area contributed by atoms with Gasteiger partial charge in [0.05, 0.1) is 5.69 Å². The van der Waals surface area contributed by atoms with Crippen LogP contribution in [0.25, 0.3) is 33.4 Å². The van der Waals surface area contributed by atoms with Crippen molar-refractivity contribution in [3.05, 3.63) is 198 Å². The van der Waals surface area contributed by atoms with Crippen molar-refractivity contribution >= 4 is 17.1 Å². The first kappa shape index (κ1) is 27.8. The number of fused-ring (bicyclic) bond motifs is 3. The Bertz CT molecular complexity index is 2160. The second-order valence-electron chi connectivity index (χ2n) is 12.0. The van der Waals surface area contributed by atoms with Crippen molar-refractivity contribution in [1.29, 1.82) is 0 Å². The third-order valence-corrected chi connectivity index (χ3v) is 9.42. The first-order valence-corrected chi connectivity index (χ1v) is 15.7.